The van der Waals surface area contributed by atoms with E-state index in [0.29, 0.717) is 17.4 Å². The van der Waals surface area contributed by atoms with Crippen LogP contribution in [0.3, 0.4) is 0 Å². The smallest absolute Gasteiger partial charge is 0.253 e. The van der Waals surface area contributed by atoms with Crippen LogP contribution in [0.2, 0.25) is 0 Å². The second-order valence-corrected chi connectivity index (χ2v) is 7.76. The third kappa shape index (κ3) is 3.86. The number of hydrogen-bond donors (Lipinski definition) is 2. The van der Waals surface area contributed by atoms with Crippen molar-refractivity contribution < 1.29 is 0 Å². The zero-order chi connectivity index (χ0) is 19.5. The Morgan fingerprint density at radius 2 is 1.93 bits per heavy atom. The average molecular weight is 377 g/mol. The molecule has 4 rings (SSSR count). The summed E-state index contributed by atoms with van der Waals surface area (Å²) in [5.41, 5.74) is 8.47. The maximum Gasteiger partial charge on any atom is 0.253 e. The largest absolute Gasteiger partial charge is 0.399 e. The van der Waals surface area contributed by atoms with Gasteiger partial charge in [-0.2, -0.15) is 0 Å². The molecule has 6 heteroatoms. The van der Waals surface area contributed by atoms with Gasteiger partial charge in [0.1, 0.15) is 5.82 Å². The molecule has 3 N–H and O–H groups in total. The molecule has 1 saturated carbocycles. The van der Waals surface area contributed by atoms with Crippen molar-refractivity contribution >= 4 is 22.3 Å². The van der Waals surface area contributed by atoms with Crippen molar-refractivity contribution in [1.82, 2.24) is 14.5 Å². The fourth-order valence-corrected chi connectivity index (χ4v) is 4.17. The summed E-state index contributed by atoms with van der Waals surface area (Å²) >= 11 is 0. The summed E-state index contributed by atoms with van der Waals surface area (Å²) in [6, 6.07) is 9.12. The molecule has 2 heterocycles. The Hall–Kier alpha value is -2.89. The first-order valence-electron chi connectivity index (χ1n) is 10.1. The summed E-state index contributed by atoms with van der Waals surface area (Å²) in [7, 11) is 0. The van der Waals surface area contributed by atoms with Crippen LogP contribution in [0.25, 0.3) is 10.9 Å². The summed E-state index contributed by atoms with van der Waals surface area (Å²) in [6.45, 7) is 2.76. The second kappa shape index (κ2) is 8.00. The molecule has 1 atom stereocenters. The number of nitrogens with zero attached hydrogens (tertiary/aromatic N) is 3. The minimum Gasteiger partial charge on any atom is -0.399 e. The van der Waals surface area contributed by atoms with Crippen LogP contribution in [0.4, 0.5) is 11.4 Å². The fraction of sp³-hybridized carbons (Fsp3) is 0.409. The van der Waals surface area contributed by atoms with Gasteiger partial charge in [0.15, 0.2) is 0 Å². The lowest BCUT2D eigenvalue weighted by Crippen LogP contribution is -2.26. The number of fused-ring (bicyclic) bond motifs is 1. The Bertz CT molecular complexity index is 1010. The minimum atomic E-state index is -0.126. The molecule has 1 fully saturated rings. The Morgan fingerprint density at radius 3 is 2.68 bits per heavy atom. The molecule has 146 valence electrons. The van der Waals surface area contributed by atoms with Crippen LogP contribution in [0.5, 0.6) is 0 Å². The summed E-state index contributed by atoms with van der Waals surface area (Å²) in [5, 5.41) is 4.36. The molecule has 0 bridgehead atoms. The van der Waals surface area contributed by atoms with Crippen molar-refractivity contribution in [3.63, 3.8) is 0 Å². The quantitative estimate of drug-likeness (QED) is 0.653. The van der Waals surface area contributed by atoms with Crippen LogP contribution in [0, 0.1) is 5.92 Å². The average Bonchev–Trinajstić information content (AvgIpc) is 2.72. The highest BCUT2D eigenvalue weighted by Crippen LogP contribution is 2.29. The number of pyridine rings is 1. The maximum atomic E-state index is 13.0. The number of rotatable bonds is 5. The molecule has 28 heavy (non-hydrogen) atoms. The van der Waals surface area contributed by atoms with E-state index in [4.69, 9.17) is 5.73 Å². The number of nitrogen functional groups attached to an aromatic ring is 1. The van der Waals surface area contributed by atoms with E-state index in [9.17, 15) is 4.79 Å². The van der Waals surface area contributed by atoms with Crippen molar-refractivity contribution in [3.05, 3.63) is 58.9 Å². The zero-order valence-corrected chi connectivity index (χ0v) is 16.3. The van der Waals surface area contributed by atoms with Gasteiger partial charge in [-0.05, 0) is 49.9 Å². The molecule has 1 aromatic carbocycles. The summed E-state index contributed by atoms with van der Waals surface area (Å²) in [6.07, 6.45) is 9.68. The third-order valence-electron chi connectivity index (χ3n) is 5.65. The lowest BCUT2D eigenvalue weighted by Gasteiger charge is -2.24. The molecule has 0 saturated heterocycles. The number of nitrogens with two attached hydrogens (primary N) is 1. The van der Waals surface area contributed by atoms with Crippen LogP contribution < -0.4 is 16.6 Å². The molecule has 0 spiro atoms. The second-order valence-electron chi connectivity index (χ2n) is 7.76. The van der Waals surface area contributed by atoms with E-state index in [1.54, 1.807) is 24.5 Å². The normalized spacial score (nSPS) is 16.2. The summed E-state index contributed by atoms with van der Waals surface area (Å²) in [4.78, 5) is 21.6. The van der Waals surface area contributed by atoms with E-state index < -0.39 is 0 Å². The Morgan fingerprint density at radius 1 is 1.18 bits per heavy atom. The molecule has 1 aliphatic carbocycles. The number of aromatic nitrogens is 3. The van der Waals surface area contributed by atoms with E-state index in [-0.39, 0.29) is 11.6 Å². The summed E-state index contributed by atoms with van der Waals surface area (Å²) < 4.78 is 1.92. The van der Waals surface area contributed by atoms with Crippen molar-refractivity contribution in [3.8, 4) is 0 Å². The molecule has 1 aliphatic rings. The van der Waals surface area contributed by atoms with Gasteiger partial charge in [-0.25, -0.2) is 9.97 Å². The molecule has 0 amide bonds. The maximum absolute atomic E-state index is 13.0. The fourth-order valence-electron chi connectivity index (χ4n) is 4.17. The van der Waals surface area contributed by atoms with Crippen LogP contribution >= 0.6 is 0 Å². The van der Waals surface area contributed by atoms with Crippen molar-refractivity contribution in [2.45, 2.75) is 51.6 Å². The van der Waals surface area contributed by atoms with Crippen LogP contribution in [-0.4, -0.2) is 14.5 Å². The van der Waals surface area contributed by atoms with Gasteiger partial charge >= 0.3 is 0 Å². The molecule has 0 aliphatic heterocycles. The van der Waals surface area contributed by atoms with Gasteiger partial charge < -0.3 is 15.6 Å². The van der Waals surface area contributed by atoms with Crippen LogP contribution in [0.1, 0.15) is 50.9 Å². The first-order valence-corrected chi connectivity index (χ1v) is 10.1. The first-order chi connectivity index (χ1) is 13.6. The Kier molecular flexibility index (Phi) is 5.28. The van der Waals surface area contributed by atoms with Crippen LogP contribution in [0.15, 0.2) is 47.5 Å². The number of nitrogens with one attached hydrogen (secondary N) is 1. The third-order valence-corrected chi connectivity index (χ3v) is 5.65. The first kappa shape index (κ1) is 18.5. The lowest BCUT2D eigenvalue weighted by molar-refractivity contribution is 0.320. The van der Waals surface area contributed by atoms with E-state index >= 15 is 0 Å². The van der Waals surface area contributed by atoms with E-state index in [0.717, 1.165) is 23.1 Å². The van der Waals surface area contributed by atoms with Gasteiger partial charge in [0.05, 0.1) is 11.6 Å². The number of benzene rings is 1. The molecule has 1 unspecified atom stereocenters. The molecule has 3 aromatic rings. The summed E-state index contributed by atoms with van der Waals surface area (Å²) in [5.74, 6) is 1.26. The monoisotopic (exact) mass is 377 g/mol. The SMILES string of the molecule is CC(Nc1cc(=O)n(CC2CCCCC2)c2ccc(N)cc12)c1ncccn1. The lowest BCUT2D eigenvalue weighted by atomic mass is 9.89. The number of anilines is 2. The van der Waals surface area contributed by atoms with Gasteiger partial charge in [0.25, 0.3) is 5.56 Å². The predicted molar refractivity (Wildman–Crippen MR) is 113 cm³/mol. The van der Waals surface area contributed by atoms with Gasteiger partial charge in [-0.1, -0.05) is 19.3 Å². The van der Waals surface area contributed by atoms with Crippen molar-refractivity contribution in [2.75, 3.05) is 11.1 Å². The molecular weight excluding hydrogens is 350 g/mol. The zero-order valence-electron chi connectivity index (χ0n) is 16.3. The molecule has 0 radical (unpaired) electrons. The Labute approximate surface area is 164 Å². The van der Waals surface area contributed by atoms with Crippen molar-refractivity contribution in [2.24, 2.45) is 5.92 Å². The highest BCUT2D eigenvalue weighted by Gasteiger charge is 2.18. The van der Waals surface area contributed by atoms with Crippen LogP contribution in [-0.2, 0) is 6.54 Å². The van der Waals surface area contributed by atoms with Crippen molar-refractivity contribution in [1.29, 1.82) is 0 Å². The van der Waals surface area contributed by atoms with Gasteiger partial charge in [-0.3, -0.25) is 4.79 Å². The van der Waals surface area contributed by atoms with E-state index in [1.165, 1.54) is 32.1 Å². The molecule has 6 nitrogen and oxygen atoms in total. The highest BCUT2D eigenvalue weighted by atomic mass is 16.1. The highest BCUT2D eigenvalue weighted by molar-refractivity contribution is 5.93. The Balaban J connectivity index is 1.72. The minimum absolute atomic E-state index is 0.0199. The van der Waals surface area contributed by atoms with E-state index in [1.807, 2.05) is 29.7 Å². The van der Waals surface area contributed by atoms with Gasteiger partial charge in [0, 0.05) is 41.8 Å². The topological polar surface area (TPSA) is 85.8 Å². The molecule has 2 aromatic heterocycles. The number of hydrogen-bond acceptors (Lipinski definition) is 5. The predicted octanol–water partition coefficient (Wildman–Crippen LogP) is 4.13. The van der Waals surface area contributed by atoms with Gasteiger partial charge in [-0.15, -0.1) is 0 Å². The standard InChI is InChI=1S/C22H27N5O/c1-15(22-24-10-5-11-25-22)26-19-13-21(28)27(14-16-6-3-2-4-7-16)20-9-8-17(23)12-18(19)20/h5,8-13,15-16,26H,2-4,6-7,14,23H2,1H3. The van der Waals surface area contributed by atoms with Gasteiger partial charge in [0.2, 0.25) is 0 Å². The van der Waals surface area contributed by atoms with E-state index in [2.05, 4.69) is 15.3 Å². The molecular formula is C22H27N5O.